The molecule has 0 amide bonds. The topological polar surface area (TPSA) is 3.24 Å². The summed E-state index contributed by atoms with van der Waals surface area (Å²) in [7, 11) is 4.12. The Kier molecular flexibility index (Phi) is 3.47. The molecule has 1 rings (SSSR count). The molecule has 59 valence electrons. The summed E-state index contributed by atoms with van der Waals surface area (Å²) in [4.78, 5) is 2.12. The van der Waals surface area contributed by atoms with Gasteiger partial charge >= 0.3 is 80.7 Å². The standard InChI is InChI=1S/C8H10NSe2/c1-9(2)7-4-3-5-8(6-7)11-10/h3-6H,1-2H3. The first-order valence-corrected chi connectivity index (χ1v) is 8.50. The molecule has 0 unspecified atom stereocenters. The Labute approximate surface area is 80.7 Å². The Hall–Kier alpha value is 0.0590. The van der Waals surface area contributed by atoms with E-state index in [-0.39, 0.29) is 0 Å². The van der Waals surface area contributed by atoms with E-state index in [4.69, 9.17) is 0 Å². The molecule has 0 atom stereocenters. The maximum absolute atomic E-state index is 3.07. The molecular weight excluding hydrogens is 268 g/mol. The van der Waals surface area contributed by atoms with Gasteiger partial charge in [-0.15, -0.1) is 0 Å². The van der Waals surface area contributed by atoms with Crippen molar-refractivity contribution in [1.82, 2.24) is 0 Å². The molecule has 0 aliphatic rings. The van der Waals surface area contributed by atoms with Crippen LogP contribution in [0.5, 0.6) is 0 Å². The molecular formula is C8H10NSe2. The molecule has 0 aliphatic heterocycles. The number of nitrogens with zero attached hydrogens (tertiary/aromatic N) is 1. The number of anilines is 1. The molecule has 0 saturated carbocycles. The third-order valence-electron chi connectivity index (χ3n) is 1.43. The molecule has 3 heteroatoms. The van der Waals surface area contributed by atoms with Gasteiger partial charge in [0.05, 0.1) is 0 Å². The summed E-state index contributed by atoms with van der Waals surface area (Å²) < 4.78 is 1.41. The van der Waals surface area contributed by atoms with Gasteiger partial charge in [-0.05, 0) is 0 Å². The minimum absolute atomic E-state index is 0.492. The van der Waals surface area contributed by atoms with Crippen LogP contribution in [-0.4, -0.2) is 41.4 Å². The number of hydrogen-bond acceptors (Lipinski definition) is 1. The van der Waals surface area contributed by atoms with Gasteiger partial charge in [0.25, 0.3) is 0 Å². The van der Waals surface area contributed by atoms with Gasteiger partial charge in [0.15, 0.2) is 0 Å². The van der Waals surface area contributed by atoms with Gasteiger partial charge in [0.1, 0.15) is 0 Å². The first kappa shape index (κ1) is 9.15. The fourth-order valence-electron chi connectivity index (χ4n) is 0.814. The van der Waals surface area contributed by atoms with Crippen molar-refractivity contribution in [2.45, 2.75) is 0 Å². The second-order valence-electron chi connectivity index (χ2n) is 2.48. The second kappa shape index (κ2) is 4.18. The van der Waals surface area contributed by atoms with E-state index in [1.165, 1.54) is 10.1 Å². The average molecular weight is 278 g/mol. The Morgan fingerprint density at radius 3 is 2.64 bits per heavy atom. The molecule has 0 aromatic heterocycles. The van der Waals surface area contributed by atoms with Crippen molar-refractivity contribution in [2.75, 3.05) is 19.0 Å². The third kappa shape index (κ3) is 2.53. The van der Waals surface area contributed by atoms with E-state index >= 15 is 0 Å². The summed E-state index contributed by atoms with van der Waals surface area (Å²) in [5.74, 6) is 0. The Bertz CT molecular complexity index is 235. The summed E-state index contributed by atoms with van der Waals surface area (Å²) >= 11 is 3.56. The van der Waals surface area contributed by atoms with Gasteiger partial charge in [-0.1, -0.05) is 0 Å². The van der Waals surface area contributed by atoms with E-state index in [9.17, 15) is 0 Å². The molecule has 1 radical (unpaired) electrons. The van der Waals surface area contributed by atoms with Gasteiger partial charge in [-0.3, -0.25) is 0 Å². The number of benzene rings is 1. The monoisotopic (exact) mass is 280 g/mol. The molecule has 0 spiro atoms. The van der Waals surface area contributed by atoms with Crippen LogP contribution in [0.2, 0.25) is 0 Å². The molecule has 1 aromatic rings. The predicted molar refractivity (Wildman–Crippen MR) is 51.9 cm³/mol. The normalized spacial score (nSPS) is 9.73. The van der Waals surface area contributed by atoms with Gasteiger partial charge in [0, 0.05) is 0 Å². The van der Waals surface area contributed by atoms with Crippen LogP contribution in [-0.2, 0) is 0 Å². The number of hydrogen-bond donors (Lipinski definition) is 0. The third-order valence-corrected chi connectivity index (χ3v) is 4.46. The van der Waals surface area contributed by atoms with Crippen LogP contribution in [0.25, 0.3) is 0 Å². The molecule has 0 bridgehead atoms. The first-order chi connectivity index (χ1) is 5.24. The fourth-order valence-corrected chi connectivity index (χ4v) is 2.58. The van der Waals surface area contributed by atoms with Gasteiger partial charge < -0.3 is 0 Å². The molecule has 1 nitrogen and oxygen atoms in total. The van der Waals surface area contributed by atoms with E-state index in [1.807, 2.05) is 0 Å². The van der Waals surface area contributed by atoms with Crippen LogP contribution < -0.4 is 9.36 Å². The first-order valence-electron chi connectivity index (χ1n) is 3.31. The summed E-state index contributed by atoms with van der Waals surface area (Å²) in [5.41, 5.74) is 1.28. The van der Waals surface area contributed by atoms with Crippen LogP contribution in [0, 0.1) is 0 Å². The van der Waals surface area contributed by atoms with Crippen molar-refractivity contribution in [1.29, 1.82) is 0 Å². The zero-order chi connectivity index (χ0) is 8.27. The second-order valence-corrected chi connectivity index (χ2v) is 5.63. The molecule has 11 heavy (non-hydrogen) atoms. The van der Waals surface area contributed by atoms with Crippen molar-refractivity contribution in [3.8, 4) is 0 Å². The summed E-state index contributed by atoms with van der Waals surface area (Å²) in [6.45, 7) is 0. The van der Waals surface area contributed by atoms with Crippen molar-refractivity contribution in [3.05, 3.63) is 24.3 Å². The van der Waals surface area contributed by atoms with Crippen LogP contribution in [0.1, 0.15) is 0 Å². The maximum atomic E-state index is 3.07. The van der Waals surface area contributed by atoms with Crippen LogP contribution >= 0.6 is 0 Å². The molecule has 0 saturated heterocycles. The zero-order valence-corrected chi connectivity index (χ0v) is 10.00. The predicted octanol–water partition coefficient (Wildman–Crippen LogP) is 0.166. The Morgan fingerprint density at radius 2 is 2.09 bits per heavy atom. The van der Waals surface area contributed by atoms with E-state index in [0.29, 0.717) is 13.1 Å². The summed E-state index contributed by atoms with van der Waals surface area (Å²) in [5, 5.41) is 0. The van der Waals surface area contributed by atoms with E-state index < -0.39 is 0 Å². The van der Waals surface area contributed by atoms with Crippen LogP contribution in [0.15, 0.2) is 24.3 Å². The molecule has 0 heterocycles. The van der Waals surface area contributed by atoms with Crippen molar-refractivity contribution in [3.63, 3.8) is 0 Å². The van der Waals surface area contributed by atoms with Crippen LogP contribution in [0.4, 0.5) is 5.69 Å². The minimum atomic E-state index is 0.492. The molecule has 0 aliphatic carbocycles. The van der Waals surface area contributed by atoms with E-state index in [0.717, 1.165) is 0 Å². The molecule has 0 fully saturated rings. The fraction of sp³-hybridized carbons (Fsp3) is 0.250. The van der Waals surface area contributed by atoms with Gasteiger partial charge in [-0.25, -0.2) is 0 Å². The summed E-state index contributed by atoms with van der Waals surface area (Å²) in [6, 6.07) is 8.60. The van der Waals surface area contributed by atoms with Crippen LogP contribution in [0.3, 0.4) is 0 Å². The van der Waals surface area contributed by atoms with E-state index in [1.54, 1.807) is 0 Å². The van der Waals surface area contributed by atoms with E-state index in [2.05, 4.69) is 57.4 Å². The van der Waals surface area contributed by atoms with Crippen molar-refractivity contribution in [2.24, 2.45) is 0 Å². The molecule has 0 N–H and O–H groups in total. The SMILES string of the molecule is CN(C)c1cccc([Se][Se])c1. The Morgan fingerprint density at radius 1 is 1.36 bits per heavy atom. The van der Waals surface area contributed by atoms with Gasteiger partial charge in [-0.2, -0.15) is 0 Å². The number of rotatable bonds is 2. The molecule has 1 aromatic carbocycles. The van der Waals surface area contributed by atoms with Crippen molar-refractivity contribution < 1.29 is 0 Å². The van der Waals surface area contributed by atoms with Gasteiger partial charge in [0.2, 0.25) is 0 Å². The summed E-state index contributed by atoms with van der Waals surface area (Å²) in [6.07, 6.45) is 0. The quantitative estimate of drug-likeness (QED) is 0.697. The average Bonchev–Trinajstić information content (AvgIpc) is 2.05. The zero-order valence-electron chi connectivity index (χ0n) is 6.57. The van der Waals surface area contributed by atoms with Crippen molar-refractivity contribution >= 4 is 37.5 Å². The Balaban J connectivity index is 2.91.